The quantitative estimate of drug-likeness (QED) is 0.591. The molecule has 1 amide bonds. The van der Waals surface area contributed by atoms with E-state index in [0.29, 0.717) is 12.3 Å². The fourth-order valence-corrected chi connectivity index (χ4v) is 1.74. The fourth-order valence-electron chi connectivity index (χ4n) is 0.959. The van der Waals surface area contributed by atoms with Gasteiger partial charge in [-0.2, -0.15) is 0 Å². The third-order valence-corrected chi connectivity index (χ3v) is 2.62. The molecule has 0 unspecified atom stereocenters. The zero-order valence-electron chi connectivity index (χ0n) is 8.27. The lowest BCUT2D eigenvalue weighted by atomic mass is 10.3. The molecule has 0 aliphatic rings. The van der Waals surface area contributed by atoms with Crippen LogP contribution in [0.25, 0.3) is 0 Å². The third kappa shape index (κ3) is 4.56. The molecular formula is C11H13NO2S. The van der Waals surface area contributed by atoms with E-state index in [1.807, 2.05) is 6.07 Å². The number of phenolic OH excluding ortho intramolecular Hbond substituents is 1. The standard InChI is InChI=1S/C11H13NO2S/c1-2-6-12-11(14)8-15-10-5-3-4-9(13)7-10/h2-5,7,13H,1,6,8H2,(H,12,14). The van der Waals surface area contributed by atoms with E-state index in [4.69, 9.17) is 0 Å². The van der Waals surface area contributed by atoms with Crippen LogP contribution in [0.1, 0.15) is 0 Å². The summed E-state index contributed by atoms with van der Waals surface area (Å²) in [5.41, 5.74) is 0. The average Bonchev–Trinajstić information content (AvgIpc) is 2.23. The summed E-state index contributed by atoms with van der Waals surface area (Å²) < 4.78 is 0. The molecule has 0 atom stereocenters. The first kappa shape index (κ1) is 11.7. The van der Waals surface area contributed by atoms with Gasteiger partial charge in [-0.15, -0.1) is 18.3 Å². The molecule has 0 aliphatic carbocycles. The van der Waals surface area contributed by atoms with Crippen LogP contribution in [0.2, 0.25) is 0 Å². The summed E-state index contributed by atoms with van der Waals surface area (Å²) in [5.74, 6) is 0.520. The van der Waals surface area contributed by atoms with Crippen molar-refractivity contribution in [2.24, 2.45) is 0 Å². The Morgan fingerprint density at radius 2 is 2.40 bits per heavy atom. The normalized spacial score (nSPS) is 9.60. The van der Waals surface area contributed by atoms with E-state index >= 15 is 0 Å². The van der Waals surface area contributed by atoms with E-state index in [1.54, 1.807) is 24.3 Å². The summed E-state index contributed by atoms with van der Waals surface area (Å²) in [6, 6.07) is 6.83. The molecule has 0 aromatic heterocycles. The monoisotopic (exact) mass is 223 g/mol. The summed E-state index contributed by atoms with van der Waals surface area (Å²) in [7, 11) is 0. The maximum absolute atomic E-state index is 11.2. The lowest BCUT2D eigenvalue weighted by Crippen LogP contribution is -2.24. The topological polar surface area (TPSA) is 49.3 Å². The first-order valence-electron chi connectivity index (χ1n) is 4.52. The second-order valence-electron chi connectivity index (χ2n) is 2.88. The molecule has 0 heterocycles. The molecule has 0 fully saturated rings. The van der Waals surface area contributed by atoms with Crippen LogP contribution in [0.3, 0.4) is 0 Å². The molecule has 3 nitrogen and oxygen atoms in total. The zero-order valence-corrected chi connectivity index (χ0v) is 9.09. The zero-order chi connectivity index (χ0) is 11.1. The van der Waals surface area contributed by atoms with E-state index in [9.17, 15) is 9.90 Å². The van der Waals surface area contributed by atoms with Crippen LogP contribution >= 0.6 is 11.8 Å². The Morgan fingerprint density at radius 3 is 3.07 bits per heavy atom. The molecule has 80 valence electrons. The van der Waals surface area contributed by atoms with Gasteiger partial charge in [0, 0.05) is 11.4 Å². The van der Waals surface area contributed by atoms with E-state index < -0.39 is 0 Å². The lowest BCUT2D eigenvalue weighted by molar-refractivity contribution is -0.118. The second-order valence-corrected chi connectivity index (χ2v) is 3.93. The Balaban J connectivity index is 2.36. The predicted molar refractivity (Wildman–Crippen MR) is 62.0 cm³/mol. The van der Waals surface area contributed by atoms with Gasteiger partial charge in [0.2, 0.25) is 5.91 Å². The molecule has 1 aromatic rings. The second kappa shape index (κ2) is 6.14. The van der Waals surface area contributed by atoms with Gasteiger partial charge in [-0.1, -0.05) is 12.1 Å². The first-order chi connectivity index (χ1) is 7.22. The molecule has 1 rings (SSSR count). The molecule has 0 saturated heterocycles. The van der Waals surface area contributed by atoms with E-state index in [1.165, 1.54) is 11.8 Å². The largest absolute Gasteiger partial charge is 0.508 e. The number of aromatic hydroxyl groups is 1. The van der Waals surface area contributed by atoms with Gasteiger partial charge in [0.05, 0.1) is 5.75 Å². The van der Waals surface area contributed by atoms with Crippen molar-refractivity contribution in [3.05, 3.63) is 36.9 Å². The van der Waals surface area contributed by atoms with Gasteiger partial charge in [-0.3, -0.25) is 4.79 Å². The highest BCUT2D eigenvalue weighted by molar-refractivity contribution is 8.00. The highest BCUT2D eigenvalue weighted by Gasteiger charge is 2.01. The minimum Gasteiger partial charge on any atom is -0.508 e. The third-order valence-electron chi connectivity index (χ3n) is 1.63. The maximum atomic E-state index is 11.2. The Bertz CT molecular complexity index is 352. The number of carbonyl (C=O) groups is 1. The molecule has 1 aromatic carbocycles. The Morgan fingerprint density at radius 1 is 1.60 bits per heavy atom. The van der Waals surface area contributed by atoms with E-state index in [0.717, 1.165) is 4.90 Å². The van der Waals surface area contributed by atoms with Crippen molar-refractivity contribution in [1.29, 1.82) is 0 Å². The van der Waals surface area contributed by atoms with Crippen LogP contribution in [-0.2, 0) is 4.79 Å². The molecule has 0 aliphatic heterocycles. The van der Waals surface area contributed by atoms with Gasteiger partial charge < -0.3 is 10.4 Å². The highest BCUT2D eigenvalue weighted by atomic mass is 32.2. The van der Waals surface area contributed by atoms with Crippen LogP contribution in [0.4, 0.5) is 0 Å². The van der Waals surface area contributed by atoms with Crippen molar-refractivity contribution in [2.75, 3.05) is 12.3 Å². The summed E-state index contributed by atoms with van der Waals surface area (Å²) in [6.07, 6.45) is 1.64. The van der Waals surface area contributed by atoms with Crippen LogP contribution in [-0.4, -0.2) is 23.3 Å². The van der Waals surface area contributed by atoms with Gasteiger partial charge in [0.25, 0.3) is 0 Å². The smallest absolute Gasteiger partial charge is 0.230 e. The van der Waals surface area contributed by atoms with Crippen molar-refractivity contribution in [3.63, 3.8) is 0 Å². The van der Waals surface area contributed by atoms with Crippen LogP contribution in [0, 0.1) is 0 Å². The number of amides is 1. The average molecular weight is 223 g/mol. The van der Waals surface area contributed by atoms with Crippen molar-refractivity contribution >= 4 is 17.7 Å². The van der Waals surface area contributed by atoms with Gasteiger partial charge >= 0.3 is 0 Å². The van der Waals surface area contributed by atoms with Crippen LogP contribution < -0.4 is 5.32 Å². The number of nitrogens with one attached hydrogen (secondary N) is 1. The van der Waals surface area contributed by atoms with Gasteiger partial charge in [0.15, 0.2) is 0 Å². The Labute approximate surface area is 93.2 Å². The molecule has 0 spiro atoms. The summed E-state index contributed by atoms with van der Waals surface area (Å²) in [5, 5.41) is 11.9. The van der Waals surface area contributed by atoms with E-state index in [-0.39, 0.29) is 11.7 Å². The number of hydrogen-bond acceptors (Lipinski definition) is 3. The minimum atomic E-state index is -0.0387. The number of hydrogen-bond donors (Lipinski definition) is 2. The number of phenols is 1. The van der Waals surface area contributed by atoms with E-state index in [2.05, 4.69) is 11.9 Å². The molecule has 0 bridgehead atoms. The molecule has 2 N–H and O–H groups in total. The molecule has 4 heteroatoms. The predicted octanol–water partition coefficient (Wildman–Crippen LogP) is 1.79. The molecule has 0 radical (unpaired) electrons. The fraction of sp³-hybridized carbons (Fsp3) is 0.182. The van der Waals surface area contributed by atoms with Crippen molar-refractivity contribution in [1.82, 2.24) is 5.32 Å². The summed E-state index contributed by atoms with van der Waals surface area (Å²) >= 11 is 1.39. The summed E-state index contributed by atoms with van der Waals surface area (Å²) in [6.45, 7) is 3.99. The minimum absolute atomic E-state index is 0.0387. The van der Waals surface area contributed by atoms with Crippen molar-refractivity contribution in [3.8, 4) is 5.75 Å². The molecular weight excluding hydrogens is 210 g/mol. The number of carbonyl (C=O) groups excluding carboxylic acids is 1. The molecule has 0 saturated carbocycles. The van der Waals surface area contributed by atoms with Gasteiger partial charge in [0.1, 0.15) is 5.75 Å². The molecule has 15 heavy (non-hydrogen) atoms. The number of rotatable bonds is 5. The van der Waals surface area contributed by atoms with Gasteiger partial charge in [-0.05, 0) is 18.2 Å². The van der Waals surface area contributed by atoms with Crippen molar-refractivity contribution < 1.29 is 9.90 Å². The Hall–Kier alpha value is -1.42. The maximum Gasteiger partial charge on any atom is 0.230 e. The number of thioether (sulfide) groups is 1. The van der Waals surface area contributed by atoms with Crippen LogP contribution in [0.5, 0.6) is 5.75 Å². The van der Waals surface area contributed by atoms with Crippen molar-refractivity contribution in [2.45, 2.75) is 4.90 Å². The van der Waals surface area contributed by atoms with Gasteiger partial charge in [-0.25, -0.2) is 0 Å². The highest BCUT2D eigenvalue weighted by Crippen LogP contribution is 2.21. The first-order valence-corrected chi connectivity index (χ1v) is 5.50. The van der Waals surface area contributed by atoms with Crippen LogP contribution in [0.15, 0.2) is 41.8 Å². The lowest BCUT2D eigenvalue weighted by Gasteiger charge is -2.02. The number of benzene rings is 1. The summed E-state index contributed by atoms with van der Waals surface area (Å²) in [4.78, 5) is 12.1. The Kier molecular flexibility index (Phi) is 4.77. The SMILES string of the molecule is C=CCNC(=O)CSc1cccc(O)c1.